The molecule has 0 saturated heterocycles. The lowest BCUT2D eigenvalue weighted by Crippen LogP contribution is -2.25. The zero-order valence-electron chi connectivity index (χ0n) is 21.9. The van der Waals surface area contributed by atoms with Crippen molar-refractivity contribution >= 4 is 11.6 Å². The van der Waals surface area contributed by atoms with Crippen LogP contribution < -0.4 is 21.1 Å². The van der Waals surface area contributed by atoms with Crippen molar-refractivity contribution in [3.8, 4) is 11.4 Å². The van der Waals surface area contributed by atoms with Gasteiger partial charge in [0.25, 0.3) is 5.91 Å². The highest BCUT2D eigenvalue weighted by Gasteiger charge is 2.36. The molecule has 7 nitrogen and oxygen atoms in total. The molecule has 1 aliphatic carbocycles. The molecule has 1 heterocycles. The molecule has 10 heteroatoms. The largest absolute Gasteiger partial charge is 0.497 e. The summed E-state index contributed by atoms with van der Waals surface area (Å²) >= 11 is 0. The number of hydrogen-bond donors (Lipinski definition) is 3. The number of rotatable bonds is 10. The van der Waals surface area contributed by atoms with Gasteiger partial charge < -0.3 is 21.1 Å². The molecular weight excluding hydrogens is 519 g/mol. The van der Waals surface area contributed by atoms with Crippen LogP contribution in [-0.2, 0) is 12.7 Å². The molecule has 1 unspecified atom stereocenters. The first kappa shape index (κ1) is 27.4. The summed E-state index contributed by atoms with van der Waals surface area (Å²) in [7, 11) is 1.61. The summed E-state index contributed by atoms with van der Waals surface area (Å²) in [6.07, 6.45) is -2.34. The predicted octanol–water partition coefficient (Wildman–Crippen LogP) is 5.70. The Hall–Kier alpha value is -4.15. The first-order chi connectivity index (χ1) is 19.2. The van der Waals surface area contributed by atoms with Gasteiger partial charge in [-0.3, -0.25) is 4.79 Å². The zero-order chi connectivity index (χ0) is 28.3. The molecule has 1 aromatic heterocycles. The number of nitrogens with two attached hydrogens (primary N) is 1. The third-order valence-electron chi connectivity index (χ3n) is 6.84. The summed E-state index contributed by atoms with van der Waals surface area (Å²) in [5.74, 6) is 0.645. The number of hydrogen-bond acceptors (Lipinski definition) is 5. The number of nitrogens with one attached hydrogen (secondary N) is 2. The van der Waals surface area contributed by atoms with E-state index in [9.17, 15) is 18.0 Å². The van der Waals surface area contributed by atoms with Gasteiger partial charge in [-0.1, -0.05) is 36.4 Å². The van der Waals surface area contributed by atoms with Gasteiger partial charge in [-0.2, -0.15) is 18.3 Å². The van der Waals surface area contributed by atoms with E-state index >= 15 is 0 Å². The standard InChI is InChI=1S/C30H30F3N5O2/c1-40-25-10-4-7-22(15-25)28(35-18-19-11-12-19)21-6-3-8-23(14-21)36-29(39)26-16-27(30(31,32)33)37-38(26)24-9-2-5-20(13-24)17-34/h2-10,13-16,19,28,35H,11-12,17-18,34H2,1H3,(H,36,39). The molecule has 1 aliphatic rings. The molecule has 1 atom stereocenters. The number of carbonyl (C=O) groups is 1. The molecule has 4 N–H and O–H groups in total. The van der Waals surface area contributed by atoms with E-state index in [1.54, 1.807) is 43.5 Å². The van der Waals surface area contributed by atoms with Gasteiger partial charge in [0.1, 0.15) is 11.4 Å². The quantitative estimate of drug-likeness (QED) is 0.236. The number of amides is 1. The van der Waals surface area contributed by atoms with Gasteiger partial charge in [-0.05, 0) is 78.4 Å². The minimum atomic E-state index is -4.72. The first-order valence-electron chi connectivity index (χ1n) is 13.0. The Bertz CT molecular complexity index is 1500. The van der Waals surface area contributed by atoms with Crippen molar-refractivity contribution in [2.45, 2.75) is 31.6 Å². The van der Waals surface area contributed by atoms with E-state index in [-0.39, 0.29) is 18.3 Å². The maximum atomic E-state index is 13.6. The fourth-order valence-electron chi connectivity index (χ4n) is 4.54. The molecule has 1 fully saturated rings. The Kier molecular flexibility index (Phi) is 7.90. The van der Waals surface area contributed by atoms with Crippen LogP contribution in [0.5, 0.6) is 5.75 Å². The molecule has 0 radical (unpaired) electrons. The molecule has 40 heavy (non-hydrogen) atoms. The number of aromatic nitrogens is 2. The Balaban J connectivity index is 1.45. The summed E-state index contributed by atoms with van der Waals surface area (Å²) in [5, 5.41) is 10.1. The molecule has 0 spiro atoms. The van der Waals surface area contributed by atoms with Gasteiger partial charge in [0.15, 0.2) is 5.69 Å². The summed E-state index contributed by atoms with van der Waals surface area (Å²) < 4.78 is 47.1. The fraction of sp³-hybridized carbons (Fsp3) is 0.267. The Labute approximate surface area is 230 Å². The minimum absolute atomic E-state index is 0.172. The van der Waals surface area contributed by atoms with Gasteiger partial charge in [0.2, 0.25) is 0 Å². The zero-order valence-corrected chi connectivity index (χ0v) is 21.9. The van der Waals surface area contributed by atoms with E-state index in [2.05, 4.69) is 15.7 Å². The van der Waals surface area contributed by atoms with Crippen molar-refractivity contribution in [3.63, 3.8) is 0 Å². The Morgan fingerprint density at radius 1 is 1.05 bits per heavy atom. The third kappa shape index (κ3) is 6.35. The number of methoxy groups -OCH3 is 1. The SMILES string of the molecule is COc1cccc(C(NCC2CC2)c2cccc(NC(=O)c3cc(C(F)(F)F)nn3-c3cccc(CN)c3)c2)c1. The van der Waals surface area contributed by atoms with Gasteiger partial charge in [0, 0.05) is 18.3 Å². The van der Waals surface area contributed by atoms with Crippen LogP contribution in [0.2, 0.25) is 0 Å². The van der Waals surface area contributed by atoms with Crippen molar-refractivity contribution in [2.75, 3.05) is 19.0 Å². The van der Waals surface area contributed by atoms with Crippen LogP contribution in [0, 0.1) is 5.92 Å². The maximum absolute atomic E-state index is 13.6. The molecule has 1 amide bonds. The topological polar surface area (TPSA) is 94.2 Å². The second-order valence-corrected chi connectivity index (χ2v) is 9.84. The van der Waals surface area contributed by atoms with Crippen molar-refractivity contribution < 1.29 is 22.7 Å². The lowest BCUT2D eigenvalue weighted by molar-refractivity contribution is -0.141. The smallest absolute Gasteiger partial charge is 0.435 e. The third-order valence-corrected chi connectivity index (χ3v) is 6.84. The lowest BCUT2D eigenvalue weighted by Gasteiger charge is -2.21. The summed E-state index contributed by atoms with van der Waals surface area (Å²) in [6.45, 7) is 1.04. The Morgan fingerprint density at radius 2 is 1.77 bits per heavy atom. The highest BCUT2D eigenvalue weighted by molar-refractivity contribution is 6.03. The number of halogens is 3. The van der Waals surface area contributed by atoms with Crippen molar-refractivity contribution in [1.29, 1.82) is 0 Å². The van der Waals surface area contributed by atoms with Crippen LogP contribution >= 0.6 is 0 Å². The van der Waals surface area contributed by atoms with E-state index in [0.717, 1.165) is 34.2 Å². The van der Waals surface area contributed by atoms with Crippen LogP contribution in [0.25, 0.3) is 5.69 Å². The number of ether oxygens (including phenoxy) is 1. The van der Waals surface area contributed by atoms with E-state index in [4.69, 9.17) is 10.5 Å². The first-order valence-corrected chi connectivity index (χ1v) is 13.0. The second-order valence-electron chi connectivity index (χ2n) is 9.84. The maximum Gasteiger partial charge on any atom is 0.435 e. The lowest BCUT2D eigenvalue weighted by atomic mass is 9.97. The van der Waals surface area contributed by atoms with Gasteiger partial charge in [-0.25, -0.2) is 4.68 Å². The number of benzene rings is 3. The number of anilines is 1. The van der Waals surface area contributed by atoms with Crippen molar-refractivity contribution in [2.24, 2.45) is 11.7 Å². The van der Waals surface area contributed by atoms with Crippen LogP contribution in [0.4, 0.5) is 18.9 Å². The second kappa shape index (κ2) is 11.5. The summed E-state index contributed by atoms with van der Waals surface area (Å²) in [6, 6.07) is 22.2. The number of carbonyl (C=O) groups excluding carboxylic acids is 1. The monoisotopic (exact) mass is 549 g/mol. The molecule has 1 saturated carbocycles. The summed E-state index contributed by atoms with van der Waals surface area (Å²) in [4.78, 5) is 13.4. The van der Waals surface area contributed by atoms with E-state index in [0.29, 0.717) is 22.9 Å². The van der Waals surface area contributed by atoms with Gasteiger partial charge >= 0.3 is 6.18 Å². The van der Waals surface area contributed by atoms with Crippen LogP contribution in [0.15, 0.2) is 78.9 Å². The van der Waals surface area contributed by atoms with E-state index < -0.39 is 17.8 Å². The molecule has 3 aromatic carbocycles. The predicted molar refractivity (Wildman–Crippen MR) is 146 cm³/mol. The average molecular weight is 550 g/mol. The van der Waals surface area contributed by atoms with Crippen LogP contribution in [-0.4, -0.2) is 29.3 Å². The van der Waals surface area contributed by atoms with Gasteiger partial charge in [0.05, 0.1) is 18.8 Å². The highest BCUT2D eigenvalue weighted by atomic mass is 19.4. The summed E-state index contributed by atoms with van der Waals surface area (Å²) in [5.41, 5.74) is 7.64. The van der Waals surface area contributed by atoms with Gasteiger partial charge in [-0.15, -0.1) is 0 Å². The van der Waals surface area contributed by atoms with Crippen LogP contribution in [0.3, 0.4) is 0 Å². The number of alkyl halides is 3. The Morgan fingerprint density at radius 3 is 2.48 bits per heavy atom. The molecule has 0 bridgehead atoms. The highest BCUT2D eigenvalue weighted by Crippen LogP contribution is 2.33. The molecule has 0 aliphatic heterocycles. The van der Waals surface area contributed by atoms with Crippen molar-refractivity contribution in [1.82, 2.24) is 15.1 Å². The average Bonchev–Trinajstić information content (AvgIpc) is 3.66. The molecule has 208 valence electrons. The minimum Gasteiger partial charge on any atom is -0.497 e. The van der Waals surface area contributed by atoms with Crippen LogP contribution in [0.1, 0.15) is 51.8 Å². The van der Waals surface area contributed by atoms with E-state index in [1.807, 2.05) is 36.4 Å². The molecule has 5 rings (SSSR count). The van der Waals surface area contributed by atoms with Crippen molar-refractivity contribution in [3.05, 3.63) is 107 Å². The molecule has 4 aromatic rings. The number of nitrogens with zero attached hydrogens (tertiary/aromatic N) is 2. The van der Waals surface area contributed by atoms with E-state index in [1.165, 1.54) is 12.8 Å². The normalized spacial score (nSPS) is 14.1. The molecular formula is C30H30F3N5O2. The fourth-order valence-corrected chi connectivity index (χ4v) is 4.54.